The summed E-state index contributed by atoms with van der Waals surface area (Å²) in [6, 6.07) is 9.64. The number of rotatable bonds is 3. The number of allylic oxidation sites excluding steroid dienone is 2. The molecule has 0 spiro atoms. The molecule has 0 radical (unpaired) electrons. The summed E-state index contributed by atoms with van der Waals surface area (Å²) in [6.07, 6.45) is 5.03. The number of aromatic hydroxyl groups is 2. The minimum atomic E-state index is -3.63. The van der Waals surface area contributed by atoms with E-state index in [0.717, 1.165) is 23.2 Å². The molecule has 4 rings (SSSR count). The molecule has 3 unspecified atom stereocenters. The quantitative estimate of drug-likeness (QED) is 0.569. The van der Waals surface area contributed by atoms with Crippen LogP contribution < -0.4 is 10.0 Å². The van der Waals surface area contributed by atoms with Gasteiger partial charge in [0.25, 0.3) is 0 Å². The zero-order valence-corrected chi connectivity index (χ0v) is 17.5. The number of benzene rings is 2. The number of sulfonamides is 1. The van der Waals surface area contributed by atoms with Crippen LogP contribution in [0.2, 0.25) is 0 Å². The first-order chi connectivity index (χ1) is 13.5. The number of hydrogen-bond acceptors (Lipinski definition) is 5. The van der Waals surface area contributed by atoms with Crippen LogP contribution in [0.3, 0.4) is 0 Å². The molecule has 0 saturated heterocycles. The second-order valence-electron chi connectivity index (χ2n) is 8.82. The van der Waals surface area contributed by atoms with Crippen molar-refractivity contribution < 1.29 is 18.6 Å². The normalized spacial score (nSPS) is 23.3. The van der Waals surface area contributed by atoms with Crippen molar-refractivity contribution in [1.29, 1.82) is 0 Å². The van der Waals surface area contributed by atoms with Gasteiger partial charge in [-0.05, 0) is 69.0 Å². The van der Waals surface area contributed by atoms with E-state index in [1.807, 2.05) is 20.8 Å². The van der Waals surface area contributed by atoms with Crippen LogP contribution >= 0.6 is 0 Å². The number of anilines is 1. The van der Waals surface area contributed by atoms with Gasteiger partial charge in [0, 0.05) is 28.8 Å². The Bertz CT molecular complexity index is 1090. The van der Waals surface area contributed by atoms with Crippen LogP contribution in [0.25, 0.3) is 0 Å². The summed E-state index contributed by atoms with van der Waals surface area (Å²) in [5, 5.41) is 23.5. The molecule has 2 aliphatic rings. The number of hydrogen-bond donors (Lipinski definition) is 4. The van der Waals surface area contributed by atoms with Crippen LogP contribution in [0.5, 0.6) is 11.5 Å². The highest BCUT2D eigenvalue weighted by molar-refractivity contribution is 7.89. The average Bonchev–Trinajstić information content (AvgIpc) is 3.09. The lowest BCUT2D eigenvalue weighted by molar-refractivity contribution is 0.398. The van der Waals surface area contributed by atoms with E-state index in [1.54, 1.807) is 30.3 Å². The van der Waals surface area contributed by atoms with Gasteiger partial charge in [0.2, 0.25) is 10.0 Å². The summed E-state index contributed by atoms with van der Waals surface area (Å²) in [5.41, 5.74) is 1.95. The molecular weight excluding hydrogens is 388 g/mol. The first-order valence-corrected chi connectivity index (χ1v) is 11.2. The minimum Gasteiger partial charge on any atom is -0.508 e. The van der Waals surface area contributed by atoms with Gasteiger partial charge in [0.1, 0.15) is 11.5 Å². The topological polar surface area (TPSA) is 98.7 Å². The summed E-state index contributed by atoms with van der Waals surface area (Å²) < 4.78 is 28.3. The second kappa shape index (κ2) is 6.78. The van der Waals surface area contributed by atoms with Crippen molar-refractivity contribution in [2.45, 2.75) is 49.6 Å². The van der Waals surface area contributed by atoms with E-state index >= 15 is 0 Å². The lowest BCUT2D eigenvalue weighted by Crippen LogP contribution is -2.40. The van der Waals surface area contributed by atoms with E-state index < -0.39 is 15.6 Å². The van der Waals surface area contributed by atoms with Crippen molar-refractivity contribution in [1.82, 2.24) is 4.72 Å². The lowest BCUT2D eigenvalue weighted by atomic mass is 9.77. The molecular formula is C22H26N2O4S. The molecule has 154 valence electrons. The number of phenols is 2. The van der Waals surface area contributed by atoms with Gasteiger partial charge in [0.05, 0.1) is 10.9 Å². The highest BCUT2D eigenvalue weighted by atomic mass is 32.2. The molecule has 0 fully saturated rings. The number of phenolic OH excluding ortho intramolecular Hbond substituents is 2. The summed E-state index contributed by atoms with van der Waals surface area (Å²) in [6.45, 7) is 5.44. The maximum absolute atomic E-state index is 12.8. The molecule has 2 aromatic carbocycles. The van der Waals surface area contributed by atoms with Gasteiger partial charge >= 0.3 is 0 Å². The summed E-state index contributed by atoms with van der Waals surface area (Å²) in [4.78, 5) is 0.248. The van der Waals surface area contributed by atoms with Crippen molar-refractivity contribution in [3.8, 4) is 11.5 Å². The van der Waals surface area contributed by atoms with Gasteiger partial charge in [-0.3, -0.25) is 0 Å². The third-order valence-corrected chi connectivity index (χ3v) is 7.19. The molecule has 29 heavy (non-hydrogen) atoms. The van der Waals surface area contributed by atoms with Crippen LogP contribution in [0.15, 0.2) is 53.4 Å². The van der Waals surface area contributed by atoms with Gasteiger partial charge in [-0.15, -0.1) is 0 Å². The van der Waals surface area contributed by atoms with E-state index in [1.165, 1.54) is 6.07 Å². The van der Waals surface area contributed by atoms with Crippen LogP contribution in [0, 0.1) is 5.92 Å². The fourth-order valence-corrected chi connectivity index (χ4v) is 5.76. The number of nitrogens with one attached hydrogen (secondary N) is 2. The molecule has 0 amide bonds. The number of fused-ring (bicyclic) bond motifs is 3. The molecule has 3 atom stereocenters. The van der Waals surface area contributed by atoms with Crippen molar-refractivity contribution >= 4 is 15.7 Å². The van der Waals surface area contributed by atoms with E-state index in [9.17, 15) is 18.6 Å². The zero-order chi connectivity index (χ0) is 21.0. The van der Waals surface area contributed by atoms with E-state index in [4.69, 9.17) is 0 Å². The Kier molecular flexibility index (Phi) is 4.63. The van der Waals surface area contributed by atoms with Gasteiger partial charge in [-0.25, -0.2) is 13.1 Å². The maximum atomic E-state index is 12.8. The molecule has 2 aromatic rings. The van der Waals surface area contributed by atoms with E-state index in [2.05, 4.69) is 22.2 Å². The Balaban J connectivity index is 1.74. The van der Waals surface area contributed by atoms with Gasteiger partial charge in [0.15, 0.2) is 0 Å². The monoisotopic (exact) mass is 414 g/mol. The Hall–Kier alpha value is -2.51. The fraction of sp³-hybridized carbons (Fsp3) is 0.364. The molecule has 1 aliphatic heterocycles. The second-order valence-corrected chi connectivity index (χ2v) is 10.5. The zero-order valence-electron chi connectivity index (χ0n) is 16.7. The molecule has 7 heteroatoms. The molecule has 0 aromatic heterocycles. The lowest BCUT2D eigenvalue weighted by Gasteiger charge is -2.38. The molecule has 0 saturated carbocycles. The van der Waals surface area contributed by atoms with Crippen LogP contribution in [-0.2, 0) is 10.0 Å². The predicted molar refractivity (Wildman–Crippen MR) is 113 cm³/mol. The smallest absolute Gasteiger partial charge is 0.241 e. The fourth-order valence-electron chi connectivity index (χ4n) is 4.30. The molecule has 6 nitrogen and oxygen atoms in total. The Labute approximate surface area is 171 Å². The van der Waals surface area contributed by atoms with E-state index in [0.29, 0.717) is 0 Å². The largest absolute Gasteiger partial charge is 0.508 e. The SMILES string of the molecule is CC(C)(C)NS(=O)(=O)c1ccc2c(c1)C1C=CCC1C(c1ccc(O)cc1O)N2. The summed E-state index contributed by atoms with van der Waals surface area (Å²) in [7, 11) is -3.63. The van der Waals surface area contributed by atoms with Crippen LogP contribution in [0.4, 0.5) is 5.69 Å². The summed E-state index contributed by atoms with van der Waals surface area (Å²) in [5.74, 6) is 0.260. The predicted octanol–water partition coefficient (Wildman–Crippen LogP) is 4.00. The van der Waals surface area contributed by atoms with Gasteiger partial charge in [-0.1, -0.05) is 12.2 Å². The van der Waals surface area contributed by atoms with Crippen molar-refractivity contribution in [2.75, 3.05) is 5.32 Å². The maximum Gasteiger partial charge on any atom is 0.241 e. The molecule has 1 aliphatic carbocycles. The van der Waals surface area contributed by atoms with E-state index in [-0.39, 0.29) is 34.3 Å². The first kappa shape index (κ1) is 19.8. The van der Waals surface area contributed by atoms with Gasteiger partial charge in [-0.2, -0.15) is 0 Å². The highest BCUT2D eigenvalue weighted by Gasteiger charge is 2.39. The van der Waals surface area contributed by atoms with Crippen LogP contribution in [0.1, 0.15) is 50.3 Å². The minimum absolute atomic E-state index is 0.0183. The molecule has 0 bridgehead atoms. The Morgan fingerprint density at radius 1 is 1.07 bits per heavy atom. The third-order valence-electron chi connectivity index (χ3n) is 5.43. The standard InChI is InChI=1S/C22H26N2O4S/c1-22(2,3)24-29(27,28)14-8-10-19-18(12-14)15-5-4-6-16(15)21(23-19)17-9-7-13(25)11-20(17)26/h4-5,7-12,15-16,21,23-26H,6H2,1-3H3. The average molecular weight is 415 g/mol. The van der Waals surface area contributed by atoms with Crippen molar-refractivity contribution in [3.63, 3.8) is 0 Å². The van der Waals surface area contributed by atoms with Crippen LogP contribution in [-0.4, -0.2) is 24.2 Å². The molecule has 4 N–H and O–H groups in total. The van der Waals surface area contributed by atoms with Crippen molar-refractivity contribution in [2.24, 2.45) is 5.92 Å². The Morgan fingerprint density at radius 2 is 1.83 bits per heavy atom. The molecule has 1 heterocycles. The highest BCUT2D eigenvalue weighted by Crippen LogP contribution is 2.51. The Morgan fingerprint density at radius 3 is 2.52 bits per heavy atom. The summed E-state index contributed by atoms with van der Waals surface area (Å²) >= 11 is 0. The van der Waals surface area contributed by atoms with Crippen molar-refractivity contribution in [3.05, 3.63) is 59.7 Å². The van der Waals surface area contributed by atoms with Gasteiger partial charge < -0.3 is 15.5 Å². The third kappa shape index (κ3) is 3.72. The first-order valence-electron chi connectivity index (χ1n) is 9.68.